The van der Waals surface area contributed by atoms with Crippen molar-refractivity contribution in [1.82, 2.24) is 9.62 Å². The minimum absolute atomic E-state index is 0.0932. The molecule has 3 N–H and O–H groups in total. The number of nitrogens with one attached hydrogen (secondary N) is 2. The van der Waals surface area contributed by atoms with E-state index in [1.807, 2.05) is 6.07 Å². The maximum absolute atomic E-state index is 13.7. The third kappa shape index (κ3) is 5.67. The number of aromatic hydroxyl groups is 1. The molecule has 3 aromatic carbocycles. The van der Waals surface area contributed by atoms with Crippen LogP contribution >= 0.6 is 0 Å². The molecule has 3 aromatic rings. The Bertz CT molecular complexity index is 1310. The number of phenolic OH excluding ortho intramolecular Hbond substituents is 1. The van der Waals surface area contributed by atoms with Crippen LogP contribution in [0, 0.1) is 0 Å². The lowest BCUT2D eigenvalue weighted by Gasteiger charge is -2.33. The fourth-order valence-corrected chi connectivity index (χ4v) is 5.62. The lowest BCUT2D eigenvalue weighted by atomic mass is 10.1. The molecule has 0 aromatic heterocycles. The van der Waals surface area contributed by atoms with Crippen molar-refractivity contribution in [3.05, 3.63) is 90.0 Å². The first kappa shape index (κ1) is 25.2. The van der Waals surface area contributed by atoms with E-state index in [1.165, 1.54) is 18.2 Å². The summed E-state index contributed by atoms with van der Waals surface area (Å²) in [6.07, 6.45) is 0.0744. The molecule has 0 radical (unpaired) electrons. The largest absolute Gasteiger partial charge is 0.504 e. The molecule has 36 heavy (non-hydrogen) atoms. The van der Waals surface area contributed by atoms with Crippen LogP contribution in [0.4, 0.5) is 10.5 Å². The first-order chi connectivity index (χ1) is 17.4. The molecule has 0 bridgehead atoms. The summed E-state index contributed by atoms with van der Waals surface area (Å²) in [6, 6.07) is 20.5. The van der Waals surface area contributed by atoms with Crippen molar-refractivity contribution in [3.63, 3.8) is 0 Å². The van der Waals surface area contributed by atoms with Crippen molar-refractivity contribution in [2.75, 3.05) is 18.4 Å². The number of hydrogen-bond acceptors (Lipinski definition) is 7. The number of phenols is 1. The van der Waals surface area contributed by atoms with Crippen molar-refractivity contribution in [2.45, 2.75) is 30.4 Å². The van der Waals surface area contributed by atoms with E-state index in [-0.39, 0.29) is 18.8 Å². The van der Waals surface area contributed by atoms with E-state index in [1.54, 1.807) is 54.6 Å². The second-order valence-corrected chi connectivity index (χ2v) is 10.1. The number of anilines is 1. The maximum atomic E-state index is 13.7. The third-order valence-corrected chi connectivity index (χ3v) is 7.66. The van der Waals surface area contributed by atoms with E-state index >= 15 is 0 Å². The Morgan fingerprint density at radius 2 is 1.69 bits per heavy atom. The lowest BCUT2D eigenvalue weighted by Crippen LogP contribution is -2.51. The van der Waals surface area contributed by atoms with Crippen LogP contribution < -0.4 is 10.6 Å². The highest BCUT2D eigenvalue weighted by molar-refractivity contribution is 7.89. The summed E-state index contributed by atoms with van der Waals surface area (Å²) in [6.45, 7) is 0.853. The number of para-hydroxylation sites is 1. The Hall–Kier alpha value is -3.89. The minimum Gasteiger partial charge on any atom is -0.504 e. The minimum atomic E-state index is -4.54. The SMILES string of the molecule is O=C(Nc1cccc(S(=O)(=O)N(C(=O)OCc2ccccc2)C2CCCNC2)c1O)c1ccccc1. The predicted molar refractivity (Wildman–Crippen MR) is 134 cm³/mol. The summed E-state index contributed by atoms with van der Waals surface area (Å²) in [7, 11) is -4.54. The van der Waals surface area contributed by atoms with Crippen molar-refractivity contribution < 1.29 is 27.9 Å². The molecule has 0 saturated carbocycles. The van der Waals surface area contributed by atoms with Crippen LogP contribution in [0.1, 0.15) is 28.8 Å². The number of nitrogens with zero attached hydrogens (tertiary/aromatic N) is 1. The molecular formula is C26H27N3O6S. The maximum Gasteiger partial charge on any atom is 0.424 e. The molecule has 0 spiro atoms. The molecular weight excluding hydrogens is 482 g/mol. The molecule has 1 unspecified atom stereocenters. The summed E-state index contributed by atoms with van der Waals surface area (Å²) in [5, 5.41) is 16.5. The van der Waals surface area contributed by atoms with Gasteiger partial charge in [-0.15, -0.1) is 0 Å². The van der Waals surface area contributed by atoms with Gasteiger partial charge in [0.2, 0.25) is 0 Å². The molecule has 188 valence electrons. The van der Waals surface area contributed by atoms with Gasteiger partial charge in [0, 0.05) is 12.1 Å². The molecule has 1 aliphatic heterocycles. The van der Waals surface area contributed by atoms with Crippen LogP contribution in [0.5, 0.6) is 5.75 Å². The van der Waals surface area contributed by atoms with Crippen molar-refractivity contribution in [3.8, 4) is 5.75 Å². The first-order valence-electron chi connectivity index (χ1n) is 11.5. The zero-order valence-electron chi connectivity index (χ0n) is 19.5. The molecule has 2 amide bonds. The van der Waals surface area contributed by atoms with E-state index in [9.17, 15) is 23.1 Å². The van der Waals surface area contributed by atoms with E-state index < -0.39 is 38.7 Å². The Labute approximate surface area is 209 Å². The van der Waals surface area contributed by atoms with Crippen LogP contribution in [-0.4, -0.2) is 49.0 Å². The number of benzene rings is 3. The highest BCUT2D eigenvalue weighted by Gasteiger charge is 2.39. The van der Waals surface area contributed by atoms with Gasteiger partial charge in [0.1, 0.15) is 11.5 Å². The van der Waals surface area contributed by atoms with Crippen molar-refractivity contribution in [1.29, 1.82) is 0 Å². The predicted octanol–water partition coefficient (Wildman–Crippen LogP) is 3.72. The Morgan fingerprint density at radius 1 is 1.00 bits per heavy atom. The highest BCUT2D eigenvalue weighted by atomic mass is 32.2. The fraction of sp³-hybridized carbons (Fsp3) is 0.231. The van der Waals surface area contributed by atoms with Gasteiger partial charge < -0.3 is 20.5 Å². The van der Waals surface area contributed by atoms with E-state index in [4.69, 9.17) is 4.74 Å². The van der Waals surface area contributed by atoms with Gasteiger partial charge in [-0.3, -0.25) is 4.79 Å². The number of rotatable bonds is 7. The Balaban J connectivity index is 1.63. The molecule has 4 rings (SSSR count). The average molecular weight is 510 g/mol. The summed E-state index contributed by atoms with van der Waals surface area (Å²) in [4.78, 5) is 25.2. The van der Waals surface area contributed by atoms with Crippen LogP contribution in [0.3, 0.4) is 0 Å². The number of hydrogen-bond donors (Lipinski definition) is 3. The number of amides is 2. The molecule has 10 heteroatoms. The average Bonchev–Trinajstić information content (AvgIpc) is 2.90. The van der Waals surface area contributed by atoms with Gasteiger partial charge in [-0.2, -0.15) is 4.31 Å². The van der Waals surface area contributed by atoms with Gasteiger partial charge in [0.25, 0.3) is 15.9 Å². The van der Waals surface area contributed by atoms with Crippen LogP contribution in [0.25, 0.3) is 0 Å². The molecule has 1 aliphatic rings. The monoisotopic (exact) mass is 509 g/mol. The van der Waals surface area contributed by atoms with Crippen molar-refractivity contribution >= 4 is 27.7 Å². The molecule has 1 saturated heterocycles. The summed E-state index contributed by atoms with van der Waals surface area (Å²) < 4.78 is 33.5. The van der Waals surface area contributed by atoms with Gasteiger partial charge in [0.15, 0.2) is 5.75 Å². The molecule has 1 fully saturated rings. The number of carbonyl (C=O) groups excluding carboxylic acids is 2. The highest BCUT2D eigenvalue weighted by Crippen LogP contribution is 2.35. The molecule has 1 atom stereocenters. The zero-order chi connectivity index (χ0) is 25.5. The van der Waals surface area contributed by atoms with Gasteiger partial charge in [-0.05, 0) is 49.2 Å². The first-order valence-corrected chi connectivity index (χ1v) is 13.0. The smallest absolute Gasteiger partial charge is 0.424 e. The van der Waals surface area contributed by atoms with Crippen LogP contribution in [0.15, 0.2) is 83.8 Å². The fourth-order valence-electron chi connectivity index (χ4n) is 3.98. The second kappa shape index (κ2) is 11.2. The van der Waals surface area contributed by atoms with Gasteiger partial charge >= 0.3 is 6.09 Å². The number of piperidine rings is 1. The van der Waals surface area contributed by atoms with Crippen molar-refractivity contribution in [2.24, 2.45) is 0 Å². The Kier molecular flexibility index (Phi) is 7.87. The number of carbonyl (C=O) groups is 2. The second-order valence-electron chi connectivity index (χ2n) is 8.31. The topological polar surface area (TPSA) is 125 Å². The van der Waals surface area contributed by atoms with Gasteiger partial charge in [-0.1, -0.05) is 54.6 Å². The number of ether oxygens (including phenoxy) is 1. The van der Waals surface area contributed by atoms with E-state index in [0.717, 1.165) is 0 Å². The van der Waals surface area contributed by atoms with E-state index in [0.29, 0.717) is 34.8 Å². The molecule has 0 aliphatic carbocycles. The molecule has 9 nitrogen and oxygen atoms in total. The van der Waals surface area contributed by atoms with E-state index in [2.05, 4.69) is 10.6 Å². The Morgan fingerprint density at radius 3 is 2.36 bits per heavy atom. The zero-order valence-corrected chi connectivity index (χ0v) is 20.3. The summed E-state index contributed by atoms with van der Waals surface area (Å²) in [5.41, 5.74) is 0.951. The van der Waals surface area contributed by atoms with Crippen LogP contribution in [-0.2, 0) is 21.4 Å². The van der Waals surface area contributed by atoms with Crippen LogP contribution in [0.2, 0.25) is 0 Å². The standard InChI is InChI=1S/C26H27N3O6S/c30-24-22(28-25(31)20-11-5-2-6-12-20)14-7-15-23(24)36(33,34)29(21-13-8-16-27-17-21)26(32)35-18-19-9-3-1-4-10-19/h1-7,9-12,14-15,21,27,30H,8,13,16-18H2,(H,28,31). The molecule has 1 heterocycles. The third-order valence-electron chi connectivity index (χ3n) is 5.81. The lowest BCUT2D eigenvalue weighted by molar-refractivity contribution is 0.102. The number of sulfonamides is 1. The van der Waals surface area contributed by atoms with Gasteiger partial charge in [-0.25, -0.2) is 13.2 Å². The van der Waals surface area contributed by atoms with Gasteiger partial charge in [0.05, 0.1) is 11.7 Å². The summed E-state index contributed by atoms with van der Waals surface area (Å²) in [5.74, 6) is -1.18. The quantitative estimate of drug-likeness (QED) is 0.415. The normalized spacial score (nSPS) is 15.6. The summed E-state index contributed by atoms with van der Waals surface area (Å²) >= 11 is 0.